The Morgan fingerprint density at radius 3 is 2.45 bits per heavy atom. The van der Waals surface area contributed by atoms with Gasteiger partial charge in [0, 0.05) is 24.8 Å². The van der Waals surface area contributed by atoms with Crippen LogP contribution in [0, 0.1) is 11.7 Å². The molecule has 0 radical (unpaired) electrons. The number of imidazole rings is 1. The number of nitrogens with zero attached hydrogens (tertiary/aromatic N) is 1. The van der Waals surface area contributed by atoms with Crippen molar-refractivity contribution in [2.45, 2.75) is 69.4 Å². The molecule has 3 aromatic rings. The maximum Gasteiger partial charge on any atom is 0.408 e. The highest BCUT2D eigenvalue weighted by atomic mass is 19.3. The topological polar surface area (TPSA) is 93.3 Å². The van der Waals surface area contributed by atoms with E-state index in [2.05, 4.69) is 20.0 Å². The molecule has 0 unspecified atom stereocenters. The number of rotatable bonds is 9. The minimum absolute atomic E-state index is 0.0305. The molecule has 1 fully saturated rings. The third kappa shape index (κ3) is 7.08. The van der Waals surface area contributed by atoms with Gasteiger partial charge in [-0.2, -0.15) is 0 Å². The number of hydrogen-bond acceptors (Lipinski definition) is 5. The quantitative estimate of drug-likeness (QED) is 0.219. The number of alkyl carbamates (subject to hydrolysis) is 1. The lowest BCUT2D eigenvalue weighted by atomic mass is 9.82. The Kier molecular flexibility index (Phi) is 8.65. The zero-order valence-electron chi connectivity index (χ0n) is 22.0. The number of carbonyl (C=O) groups is 2. The molecule has 1 aliphatic rings. The average Bonchev–Trinajstić information content (AvgIpc) is 3.35. The average molecular weight is 568 g/mol. The molecule has 0 saturated heterocycles. The molecule has 1 aliphatic carbocycles. The zero-order valence-corrected chi connectivity index (χ0v) is 22.0. The second kappa shape index (κ2) is 11.8. The largest absolute Gasteiger partial charge is 0.469 e. The molecule has 0 bridgehead atoms. The fourth-order valence-corrected chi connectivity index (χ4v) is 5.01. The van der Waals surface area contributed by atoms with Crippen molar-refractivity contribution in [1.82, 2.24) is 15.3 Å². The smallest absolute Gasteiger partial charge is 0.408 e. The number of benzene rings is 2. The van der Waals surface area contributed by atoms with Crippen molar-refractivity contribution >= 4 is 23.1 Å². The normalized spacial score (nSPS) is 17.3. The molecule has 0 spiro atoms. The van der Waals surface area contributed by atoms with Crippen molar-refractivity contribution in [3.8, 4) is 0 Å². The number of aromatic amines is 1. The van der Waals surface area contributed by atoms with Crippen LogP contribution in [-0.2, 0) is 20.9 Å². The van der Waals surface area contributed by atoms with Gasteiger partial charge in [-0.15, -0.1) is 0 Å². The van der Waals surface area contributed by atoms with E-state index in [1.807, 2.05) is 6.07 Å². The van der Waals surface area contributed by atoms with Crippen molar-refractivity contribution in [1.29, 1.82) is 0 Å². The number of esters is 1. The van der Waals surface area contributed by atoms with Gasteiger partial charge >= 0.3 is 12.1 Å². The van der Waals surface area contributed by atoms with E-state index in [0.29, 0.717) is 6.92 Å². The predicted molar refractivity (Wildman–Crippen MR) is 135 cm³/mol. The van der Waals surface area contributed by atoms with Crippen LogP contribution in [0.4, 0.5) is 26.7 Å². The second-order valence-corrected chi connectivity index (χ2v) is 10.2. The summed E-state index contributed by atoms with van der Waals surface area (Å²) in [7, 11) is 1.02. The Balaban J connectivity index is 1.64. The lowest BCUT2D eigenvalue weighted by molar-refractivity contribution is -0.145. The summed E-state index contributed by atoms with van der Waals surface area (Å²) >= 11 is 0. The van der Waals surface area contributed by atoms with Gasteiger partial charge in [0.15, 0.2) is 5.82 Å². The first kappa shape index (κ1) is 29.3. The number of methoxy groups -OCH3 is 1. The number of halogens is 5. The molecular formula is C28H30F5N3O4. The minimum Gasteiger partial charge on any atom is -0.469 e. The highest BCUT2D eigenvalue weighted by Crippen LogP contribution is 2.42. The van der Waals surface area contributed by atoms with Crippen LogP contribution in [0.15, 0.2) is 42.5 Å². The summed E-state index contributed by atoms with van der Waals surface area (Å²) in [5.74, 6) is -10.1. The van der Waals surface area contributed by atoms with E-state index in [-0.39, 0.29) is 54.7 Å². The number of H-pyrrole nitrogens is 1. The van der Waals surface area contributed by atoms with Crippen LogP contribution in [0.3, 0.4) is 0 Å². The number of carbonyl (C=O) groups excluding carboxylic acids is 2. The molecule has 4 rings (SSSR count). The minimum atomic E-state index is -3.28. The van der Waals surface area contributed by atoms with Crippen LogP contribution in [0.5, 0.6) is 0 Å². The van der Waals surface area contributed by atoms with E-state index in [0.717, 1.165) is 12.7 Å². The van der Waals surface area contributed by atoms with E-state index >= 15 is 4.39 Å². The van der Waals surface area contributed by atoms with Gasteiger partial charge in [-0.3, -0.25) is 4.79 Å². The molecule has 1 saturated carbocycles. The number of fused-ring (bicyclic) bond motifs is 1. The van der Waals surface area contributed by atoms with Crippen molar-refractivity contribution in [2.24, 2.45) is 5.92 Å². The summed E-state index contributed by atoms with van der Waals surface area (Å²) in [6.07, 6.45) is -2.44. The highest BCUT2D eigenvalue weighted by Gasteiger charge is 2.40. The third-order valence-corrected chi connectivity index (χ3v) is 7.08. The van der Waals surface area contributed by atoms with Crippen LogP contribution < -0.4 is 5.32 Å². The summed E-state index contributed by atoms with van der Waals surface area (Å²) < 4.78 is 81.0. The van der Waals surface area contributed by atoms with Gasteiger partial charge in [-0.25, -0.2) is 31.7 Å². The van der Waals surface area contributed by atoms with E-state index < -0.39 is 54.0 Å². The van der Waals surface area contributed by atoms with Crippen LogP contribution in [0.1, 0.15) is 67.9 Å². The third-order valence-electron chi connectivity index (χ3n) is 7.08. The van der Waals surface area contributed by atoms with E-state index in [9.17, 15) is 27.2 Å². The fraction of sp³-hybridized carbons (Fsp3) is 0.464. The van der Waals surface area contributed by atoms with Gasteiger partial charge in [0.05, 0.1) is 24.6 Å². The van der Waals surface area contributed by atoms with Gasteiger partial charge < -0.3 is 19.8 Å². The summed E-state index contributed by atoms with van der Waals surface area (Å²) in [5, 5.41) is 2.68. The number of alkyl halides is 4. The Labute approximate surface area is 227 Å². The Morgan fingerprint density at radius 1 is 1.15 bits per heavy atom. The molecule has 2 N–H and O–H groups in total. The number of ether oxygens (including phenoxy) is 2. The van der Waals surface area contributed by atoms with Crippen molar-refractivity contribution < 1.29 is 41.0 Å². The monoisotopic (exact) mass is 567 g/mol. The van der Waals surface area contributed by atoms with Gasteiger partial charge in [0.2, 0.25) is 11.8 Å². The fourth-order valence-electron chi connectivity index (χ4n) is 5.01. The maximum absolute atomic E-state index is 15.6. The van der Waals surface area contributed by atoms with E-state index in [1.54, 1.807) is 24.3 Å². The molecule has 7 nitrogen and oxygen atoms in total. The molecule has 40 heavy (non-hydrogen) atoms. The highest BCUT2D eigenvalue weighted by molar-refractivity contribution is 5.83. The molecule has 2 aromatic carbocycles. The number of nitrogens with one attached hydrogen (secondary N) is 2. The number of hydrogen-bond donors (Lipinski definition) is 2. The van der Waals surface area contributed by atoms with E-state index in [4.69, 9.17) is 4.74 Å². The van der Waals surface area contributed by atoms with Crippen LogP contribution >= 0.6 is 0 Å². The summed E-state index contributed by atoms with van der Waals surface area (Å²) in [5.41, 5.74) is 0.353. The van der Waals surface area contributed by atoms with Gasteiger partial charge in [-0.1, -0.05) is 36.4 Å². The first-order valence-corrected chi connectivity index (χ1v) is 12.9. The van der Waals surface area contributed by atoms with Gasteiger partial charge in [-0.05, 0) is 37.3 Å². The summed E-state index contributed by atoms with van der Waals surface area (Å²) in [4.78, 5) is 32.2. The predicted octanol–water partition coefficient (Wildman–Crippen LogP) is 6.80. The van der Waals surface area contributed by atoms with Crippen LogP contribution in [-0.4, -0.2) is 41.0 Å². The Bertz CT molecular complexity index is 1330. The SMILES string of the molecule is COC(=O)[C@@H](CC(C)(F)F)c1ccc2[nH]c([C@@H](NC(=O)OCc3ccccc3)C3CCC(F)(F)CC3)nc2c1F. The van der Waals surface area contributed by atoms with Crippen molar-refractivity contribution in [3.05, 3.63) is 65.2 Å². The summed E-state index contributed by atoms with van der Waals surface area (Å²) in [6.45, 7) is 0.587. The molecule has 1 amide bonds. The standard InChI is InChI=1S/C28H30F5N3O4/c1-27(30,31)14-19(25(37)39-2)18-8-9-20-23(21(18)29)35-24(34-20)22(17-10-12-28(32,33)13-11-17)36-26(38)40-15-16-6-4-3-5-7-16/h3-9,17,19,22H,10-15H2,1-2H3,(H,34,35)(H,36,38)/t19-,22-/m0/s1. The first-order valence-electron chi connectivity index (χ1n) is 12.9. The molecule has 0 aliphatic heterocycles. The molecular weight excluding hydrogens is 537 g/mol. The van der Waals surface area contributed by atoms with Gasteiger partial charge in [0.1, 0.15) is 17.9 Å². The molecule has 1 aromatic heterocycles. The molecule has 12 heteroatoms. The Morgan fingerprint density at radius 2 is 1.82 bits per heavy atom. The van der Waals surface area contributed by atoms with Gasteiger partial charge in [0.25, 0.3) is 0 Å². The van der Waals surface area contributed by atoms with Crippen molar-refractivity contribution in [3.63, 3.8) is 0 Å². The maximum atomic E-state index is 15.6. The first-order chi connectivity index (χ1) is 18.9. The lowest BCUT2D eigenvalue weighted by Gasteiger charge is -2.33. The number of aromatic nitrogens is 2. The molecule has 2 atom stereocenters. The van der Waals surface area contributed by atoms with Crippen molar-refractivity contribution in [2.75, 3.05) is 7.11 Å². The Hall–Kier alpha value is -3.70. The second-order valence-electron chi connectivity index (χ2n) is 10.2. The zero-order chi connectivity index (χ0) is 29.1. The molecule has 216 valence electrons. The van der Waals surface area contributed by atoms with E-state index in [1.165, 1.54) is 12.1 Å². The number of amides is 1. The summed E-state index contributed by atoms with van der Waals surface area (Å²) in [6, 6.07) is 10.6. The lowest BCUT2D eigenvalue weighted by Crippen LogP contribution is -2.38. The van der Waals surface area contributed by atoms with Crippen LogP contribution in [0.25, 0.3) is 11.0 Å². The van der Waals surface area contributed by atoms with Crippen LogP contribution in [0.2, 0.25) is 0 Å². The molecule has 1 heterocycles.